The van der Waals surface area contributed by atoms with Crippen LogP contribution in [0.25, 0.3) is 10.6 Å². The summed E-state index contributed by atoms with van der Waals surface area (Å²) < 4.78 is 0. The lowest BCUT2D eigenvalue weighted by Crippen LogP contribution is -2.39. The largest absolute Gasteiger partial charge is 0.343 e. The average Bonchev–Trinajstić information content (AvgIpc) is 3.02. The molecule has 21 heavy (non-hydrogen) atoms. The van der Waals surface area contributed by atoms with Crippen molar-refractivity contribution in [3.8, 4) is 10.6 Å². The summed E-state index contributed by atoms with van der Waals surface area (Å²) in [5.41, 5.74) is 3.75. The van der Waals surface area contributed by atoms with Crippen LogP contribution in [0.3, 0.4) is 0 Å². The molecular weight excluding hydrogens is 284 g/mol. The Balaban J connectivity index is 1.77. The SMILES string of the molecule is CC(=O)N1CCC[C@@H](Cc2nccnc2-c2cncs2)C1. The Morgan fingerprint density at radius 3 is 3.05 bits per heavy atom. The van der Waals surface area contributed by atoms with E-state index in [1.165, 1.54) is 0 Å². The highest BCUT2D eigenvalue weighted by Crippen LogP contribution is 2.27. The average molecular weight is 302 g/mol. The van der Waals surface area contributed by atoms with Gasteiger partial charge < -0.3 is 4.90 Å². The predicted octanol–water partition coefficient (Wildman–Crippen LogP) is 2.40. The van der Waals surface area contributed by atoms with E-state index in [4.69, 9.17) is 0 Å². The van der Waals surface area contributed by atoms with Gasteiger partial charge in [0.15, 0.2) is 0 Å². The monoisotopic (exact) mass is 302 g/mol. The van der Waals surface area contributed by atoms with Gasteiger partial charge in [-0.3, -0.25) is 19.7 Å². The minimum absolute atomic E-state index is 0.168. The molecule has 1 atom stereocenters. The number of amides is 1. The molecule has 5 nitrogen and oxygen atoms in total. The summed E-state index contributed by atoms with van der Waals surface area (Å²) in [6.07, 6.45) is 8.38. The Hall–Kier alpha value is -1.82. The second kappa shape index (κ2) is 6.30. The maximum Gasteiger partial charge on any atom is 0.219 e. The highest BCUT2D eigenvalue weighted by Gasteiger charge is 2.23. The molecule has 110 valence electrons. The first-order valence-electron chi connectivity index (χ1n) is 7.18. The molecule has 0 saturated carbocycles. The van der Waals surface area contributed by atoms with Crippen LogP contribution in [-0.4, -0.2) is 38.8 Å². The fourth-order valence-corrected chi connectivity index (χ4v) is 3.49. The molecule has 6 heteroatoms. The molecule has 0 bridgehead atoms. The normalized spacial score (nSPS) is 18.7. The van der Waals surface area contributed by atoms with Gasteiger partial charge in [0, 0.05) is 38.6 Å². The Morgan fingerprint density at radius 2 is 2.29 bits per heavy atom. The Labute approximate surface area is 128 Å². The number of carbonyl (C=O) groups is 1. The number of likely N-dealkylation sites (tertiary alicyclic amines) is 1. The molecule has 2 aromatic heterocycles. The second-order valence-electron chi connectivity index (χ2n) is 5.39. The Bertz CT molecular complexity index is 614. The number of hydrogen-bond acceptors (Lipinski definition) is 5. The van der Waals surface area contributed by atoms with Crippen molar-refractivity contribution in [1.82, 2.24) is 19.9 Å². The van der Waals surface area contributed by atoms with Crippen molar-refractivity contribution in [2.75, 3.05) is 13.1 Å². The molecule has 0 N–H and O–H groups in total. The molecule has 1 aliphatic rings. The van der Waals surface area contributed by atoms with E-state index >= 15 is 0 Å². The molecule has 1 fully saturated rings. The number of nitrogens with zero attached hydrogens (tertiary/aromatic N) is 4. The van der Waals surface area contributed by atoms with Gasteiger partial charge in [-0.1, -0.05) is 0 Å². The number of carbonyl (C=O) groups excluding carboxylic acids is 1. The van der Waals surface area contributed by atoms with E-state index in [0.29, 0.717) is 5.92 Å². The van der Waals surface area contributed by atoms with Gasteiger partial charge in [-0.05, 0) is 25.2 Å². The number of piperidine rings is 1. The van der Waals surface area contributed by atoms with Crippen molar-refractivity contribution in [2.24, 2.45) is 5.92 Å². The molecule has 1 saturated heterocycles. The van der Waals surface area contributed by atoms with E-state index in [0.717, 1.165) is 48.6 Å². The summed E-state index contributed by atoms with van der Waals surface area (Å²) >= 11 is 1.58. The van der Waals surface area contributed by atoms with Crippen molar-refractivity contribution in [3.05, 3.63) is 29.8 Å². The van der Waals surface area contributed by atoms with E-state index in [-0.39, 0.29) is 5.91 Å². The maximum atomic E-state index is 11.5. The molecule has 0 aliphatic carbocycles. The van der Waals surface area contributed by atoms with Crippen LogP contribution >= 0.6 is 11.3 Å². The fraction of sp³-hybridized carbons (Fsp3) is 0.467. The van der Waals surface area contributed by atoms with E-state index < -0.39 is 0 Å². The van der Waals surface area contributed by atoms with Crippen molar-refractivity contribution < 1.29 is 4.79 Å². The fourth-order valence-electron chi connectivity index (χ4n) is 2.85. The first kappa shape index (κ1) is 14.1. The lowest BCUT2D eigenvalue weighted by atomic mass is 9.92. The van der Waals surface area contributed by atoms with Gasteiger partial charge in [0.2, 0.25) is 5.91 Å². The molecule has 1 aliphatic heterocycles. The second-order valence-corrected chi connectivity index (χ2v) is 6.28. The van der Waals surface area contributed by atoms with Crippen molar-refractivity contribution in [3.63, 3.8) is 0 Å². The first-order valence-corrected chi connectivity index (χ1v) is 8.06. The zero-order valence-electron chi connectivity index (χ0n) is 12.0. The van der Waals surface area contributed by atoms with Gasteiger partial charge in [-0.25, -0.2) is 0 Å². The highest BCUT2D eigenvalue weighted by atomic mass is 32.1. The van der Waals surface area contributed by atoms with Gasteiger partial charge in [-0.15, -0.1) is 11.3 Å². The number of hydrogen-bond donors (Lipinski definition) is 0. The van der Waals surface area contributed by atoms with Gasteiger partial charge in [0.25, 0.3) is 0 Å². The maximum absolute atomic E-state index is 11.5. The molecule has 0 unspecified atom stereocenters. The molecule has 3 heterocycles. The lowest BCUT2D eigenvalue weighted by molar-refractivity contribution is -0.130. The summed E-state index contributed by atoms with van der Waals surface area (Å²) in [6.45, 7) is 3.36. The third-order valence-corrected chi connectivity index (χ3v) is 4.67. The summed E-state index contributed by atoms with van der Waals surface area (Å²) in [6, 6.07) is 0. The molecule has 0 spiro atoms. The quantitative estimate of drug-likeness (QED) is 0.873. The Kier molecular flexibility index (Phi) is 4.24. The number of rotatable bonds is 3. The van der Waals surface area contributed by atoms with E-state index in [9.17, 15) is 4.79 Å². The van der Waals surface area contributed by atoms with Crippen LogP contribution in [0.5, 0.6) is 0 Å². The standard InChI is InChI=1S/C15H18N4OS/c1-11(20)19-6-2-3-12(9-19)7-13-15(18-5-4-17-13)14-8-16-10-21-14/h4-5,8,10,12H,2-3,6-7,9H2,1H3/t12-/m0/s1. The number of thiazole rings is 1. The summed E-state index contributed by atoms with van der Waals surface area (Å²) in [7, 11) is 0. The van der Waals surface area contributed by atoms with E-state index in [1.807, 2.05) is 16.6 Å². The van der Waals surface area contributed by atoms with Gasteiger partial charge in [0.05, 0.1) is 16.1 Å². The van der Waals surface area contributed by atoms with Crippen LogP contribution in [0.4, 0.5) is 0 Å². The zero-order valence-corrected chi connectivity index (χ0v) is 12.8. The summed E-state index contributed by atoms with van der Waals surface area (Å²) in [5.74, 6) is 0.632. The summed E-state index contributed by atoms with van der Waals surface area (Å²) in [5, 5.41) is 0. The van der Waals surface area contributed by atoms with Crippen molar-refractivity contribution >= 4 is 17.2 Å². The van der Waals surface area contributed by atoms with Crippen molar-refractivity contribution in [1.29, 1.82) is 0 Å². The minimum atomic E-state index is 0.168. The number of aromatic nitrogens is 3. The Morgan fingerprint density at radius 1 is 1.43 bits per heavy atom. The van der Waals surface area contributed by atoms with Gasteiger partial charge in [0.1, 0.15) is 5.69 Å². The smallest absolute Gasteiger partial charge is 0.219 e. The third-order valence-electron chi connectivity index (χ3n) is 3.89. The molecule has 0 radical (unpaired) electrons. The van der Waals surface area contributed by atoms with E-state index in [1.54, 1.807) is 30.7 Å². The molecule has 3 rings (SSSR count). The minimum Gasteiger partial charge on any atom is -0.343 e. The van der Waals surface area contributed by atoms with Gasteiger partial charge in [-0.2, -0.15) is 0 Å². The molecular formula is C15H18N4OS. The topological polar surface area (TPSA) is 59.0 Å². The first-order chi connectivity index (χ1) is 10.2. The molecule has 2 aromatic rings. The molecule has 1 amide bonds. The predicted molar refractivity (Wildman–Crippen MR) is 81.8 cm³/mol. The van der Waals surface area contributed by atoms with Crippen LogP contribution in [0.2, 0.25) is 0 Å². The van der Waals surface area contributed by atoms with Crippen LogP contribution < -0.4 is 0 Å². The zero-order chi connectivity index (χ0) is 14.7. The van der Waals surface area contributed by atoms with Crippen molar-refractivity contribution in [2.45, 2.75) is 26.2 Å². The molecule has 0 aromatic carbocycles. The lowest BCUT2D eigenvalue weighted by Gasteiger charge is -2.32. The van der Waals surface area contributed by atoms with Crippen LogP contribution in [0.1, 0.15) is 25.5 Å². The van der Waals surface area contributed by atoms with Gasteiger partial charge >= 0.3 is 0 Å². The van der Waals surface area contributed by atoms with E-state index in [2.05, 4.69) is 15.0 Å². The third kappa shape index (κ3) is 3.26. The van der Waals surface area contributed by atoms with Crippen LogP contribution in [0, 0.1) is 5.92 Å². The highest BCUT2D eigenvalue weighted by molar-refractivity contribution is 7.13. The summed E-state index contributed by atoms with van der Waals surface area (Å²) in [4.78, 5) is 27.6. The van der Waals surface area contributed by atoms with Crippen LogP contribution in [-0.2, 0) is 11.2 Å². The van der Waals surface area contributed by atoms with Crippen LogP contribution in [0.15, 0.2) is 24.1 Å².